The van der Waals surface area contributed by atoms with Crippen molar-refractivity contribution in [2.75, 3.05) is 13.1 Å². The summed E-state index contributed by atoms with van der Waals surface area (Å²) in [6, 6.07) is 0. The zero-order chi connectivity index (χ0) is 15.2. The van der Waals surface area contributed by atoms with Gasteiger partial charge in [-0.3, -0.25) is 9.59 Å². The molecule has 0 amide bonds. The van der Waals surface area contributed by atoms with E-state index in [9.17, 15) is 9.59 Å². The summed E-state index contributed by atoms with van der Waals surface area (Å²) in [7, 11) is 0. The molecule has 0 heterocycles. The van der Waals surface area contributed by atoms with Crippen molar-refractivity contribution in [3.8, 4) is 0 Å². The van der Waals surface area contributed by atoms with Crippen LogP contribution in [0.15, 0.2) is 0 Å². The molecule has 120 valence electrons. The first-order chi connectivity index (χ1) is 10.1. The van der Waals surface area contributed by atoms with Crippen molar-refractivity contribution in [1.29, 1.82) is 0 Å². The fourth-order valence-corrected chi connectivity index (χ4v) is 3.72. The van der Waals surface area contributed by atoms with Gasteiger partial charge in [-0.05, 0) is 76.3 Å². The molecule has 2 fully saturated rings. The molecule has 0 atom stereocenters. The Hall–Kier alpha value is -1.10. The SMILES string of the molecule is O=C(O)[C@H]1CC[C@H](CNC[C@H]2CC[C@H](C(=O)O)CC2)CC1. The average molecular weight is 297 g/mol. The molecule has 0 saturated heterocycles. The first-order valence-corrected chi connectivity index (χ1v) is 8.22. The highest BCUT2D eigenvalue weighted by molar-refractivity contribution is 5.70. The second-order valence-corrected chi connectivity index (χ2v) is 6.77. The predicted molar refractivity (Wildman–Crippen MR) is 79.0 cm³/mol. The number of aliphatic carboxylic acids is 2. The normalized spacial score (nSPS) is 33.5. The Morgan fingerprint density at radius 1 is 0.714 bits per heavy atom. The van der Waals surface area contributed by atoms with E-state index in [1.807, 2.05) is 0 Å². The topological polar surface area (TPSA) is 86.6 Å². The maximum Gasteiger partial charge on any atom is 0.306 e. The Morgan fingerprint density at radius 2 is 1.05 bits per heavy atom. The Bertz CT molecular complexity index is 321. The van der Waals surface area contributed by atoms with Crippen LogP contribution in [-0.2, 0) is 9.59 Å². The van der Waals surface area contributed by atoms with Crippen LogP contribution >= 0.6 is 0 Å². The van der Waals surface area contributed by atoms with Crippen LogP contribution < -0.4 is 5.32 Å². The maximum atomic E-state index is 10.9. The quantitative estimate of drug-likeness (QED) is 0.700. The van der Waals surface area contributed by atoms with Crippen LogP contribution in [-0.4, -0.2) is 35.2 Å². The average Bonchev–Trinajstić information content (AvgIpc) is 2.48. The van der Waals surface area contributed by atoms with Gasteiger partial charge >= 0.3 is 11.9 Å². The molecule has 0 aliphatic heterocycles. The lowest BCUT2D eigenvalue weighted by atomic mass is 9.81. The standard InChI is InChI=1S/C16H27NO4/c18-15(19)13-5-1-11(2-6-13)9-17-10-12-3-7-14(8-4-12)16(20)21/h11-14,17H,1-10H2,(H,18,19)(H,20,21)/t11-,12-,13-,14-. The Balaban J connectivity index is 1.57. The molecule has 3 N–H and O–H groups in total. The molecule has 0 spiro atoms. The zero-order valence-corrected chi connectivity index (χ0v) is 12.6. The Labute approximate surface area is 126 Å². The van der Waals surface area contributed by atoms with Crippen molar-refractivity contribution in [2.24, 2.45) is 23.7 Å². The molecule has 5 nitrogen and oxygen atoms in total. The lowest BCUT2D eigenvalue weighted by Crippen LogP contribution is -2.33. The molecule has 2 aliphatic carbocycles. The summed E-state index contributed by atoms with van der Waals surface area (Å²) in [5.41, 5.74) is 0. The third kappa shape index (κ3) is 4.99. The molecule has 0 unspecified atom stereocenters. The van der Waals surface area contributed by atoms with Crippen molar-refractivity contribution < 1.29 is 19.8 Å². The summed E-state index contributed by atoms with van der Waals surface area (Å²) in [6.45, 7) is 1.95. The minimum atomic E-state index is -0.642. The minimum Gasteiger partial charge on any atom is -0.481 e. The number of carboxylic acid groups (broad SMARTS) is 2. The summed E-state index contributed by atoms with van der Waals surface area (Å²) in [6.07, 6.45) is 7.28. The lowest BCUT2D eigenvalue weighted by molar-refractivity contribution is -0.144. The fourth-order valence-electron chi connectivity index (χ4n) is 3.72. The molecular formula is C16H27NO4. The first-order valence-electron chi connectivity index (χ1n) is 8.22. The summed E-state index contributed by atoms with van der Waals surface area (Å²) in [5, 5.41) is 21.5. The molecule has 0 aromatic rings. The van der Waals surface area contributed by atoms with E-state index in [0.717, 1.165) is 64.5 Å². The van der Waals surface area contributed by atoms with E-state index in [2.05, 4.69) is 5.32 Å². The number of nitrogens with one attached hydrogen (secondary N) is 1. The molecule has 2 aliphatic rings. The number of hydrogen-bond acceptors (Lipinski definition) is 3. The van der Waals surface area contributed by atoms with E-state index in [1.165, 1.54) is 0 Å². The van der Waals surface area contributed by atoms with E-state index in [1.54, 1.807) is 0 Å². The molecular weight excluding hydrogens is 270 g/mol. The zero-order valence-electron chi connectivity index (χ0n) is 12.6. The van der Waals surface area contributed by atoms with E-state index < -0.39 is 11.9 Å². The highest BCUT2D eigenvalue weighted by Gasteiger charge is 2.27. The predicted octanol–water partition coefficient (Wildman–Crippen LogP) is 2.36. The van der Waals surface area contributed by atoms with Gasteiger partial charge in [-0.2, -0.15) is 0 Å². The molecule has 2 saturated carbocycles. The van der Waals surface area contributed by atoms with Gasteiger partial charge in [0.25, 0.3) is 0 Å². The second-order valence-electron chi connectivity index (χ2n) is 6.77. The largest absolute Gasteiger partial charge is 0.481 e. The van der Waals surface area contributed by atoms with Crippen molar-refractivity contribution >= 4 is 11.9 Å². The van der Waals surface area contributed by atoms with Crippen molar-refractivity contribution in [2.45, 2.75) is 51.4 Å². The van der Waals surface area contributed by atoms with Gasteiger partial charge in [0, 0.05) is 0 Å². The van der Waals surface area contributed by atoms with Gasteiger partial charge in [-0.25, -0.2) is 0 Å². The van der Waals surface area contributed by atoms with Gasteiger partial charge in [0.15, 0.2) is 0 Å². The van der Waals surface area contributed by atoms with Crippen molar-refractivity contribution in [3.63, 3.8) is 0 Å². The van der Waals surface area contributed by atoms with Crippen LogP contribution in [0.1, 0.15) is 51.4 Å². The van der Waals surface area contributed by atoms with Crippen LogP contribution in [0.4, 0.5) is 0 Å². The minimum absolute atomic E-state index is 0.132. The van der Waals surface area contributed by atoms with Gasteiger partial charge in [-0.1, -0.05) is 0 Å². The van der Waals surface area contributed by atoms with E-state index in [0.29, 0.717) is 11.8 Å². The fraction of sp³-hybridized carbons (Fsp3) is 0.875. The first kappa shape index (κ1) is 16.3. The molecule has 0 radical (unpaired) electrons. The Kier molecular flexibility index (Phi) is 6.03. The molecule has 0 aromatic heterocycles. The van der Waals surface area contributed by atoms with Gasteiger partial charge in [-0.15, -0.1) is 0 Å². The lowest BCUT2D eigenvalue weighted by Gasteiger charge is -2.29. The summed E-state index contributed by atoms with van der Waals surface area (Å²) in [4.78, 5) is 21.8. The highest BCUT2D eigenvalue weighted by atomic mass is 16.4. The maximum absolute atomic E-state index is 10.9. The van der Waals surface area contributed by atoms with Gasteiger partial charge in [0.05, 0.1) is 11.8 Å². The third-order valence-corrected chi connectivity index (χ3v) is 5.26. The molecule has 0 aromatic carbocycles. The number of carbonyl (C=O) groups is 2. The van der Waals surface area contributed by atoms with Crippen LogP contribution in [0.5, 0.6) is 0 Å². The monoisotopic (exact) mass is 297 g/mol. The third-order valence-electron chi connectivity index (χ3n) is 5.26. The van der Waals surface area contributed by atoms with Crippen molar-refractivity contribution in [1.82, 2.24) is 5.32 Å². The van der Waals surface area contributed by atoms with E-state index in [-0.39, 0.29) is 11.8 Å². The van der Waals surface area contributed by atoms with Crippen LogP contribution in [0, 0.1) is 23.7 Å². The number of carboxylic acids is 2. The van der Waals surface area contributed by atoms with Crippen LogP contribution in [0.25, 0.3) is 0 Å². The molecule has 5 heteroatoms. The Morgan fingerprint density at radius 3 is 1.33 bits per heavy atom. The number of hydrogen-bond donors (Lipinski definition) is 3. The van der Waals surface area contributed by atoms with Gasteiger partial charge in [0.2, 0.25) is 0 Å². The molecule has 0 bridgehead atoms. The van der Waals surface area contributed by atoms with Crippen molar-refractivity contribution in [3.05, 3.63) is 0 Å². The summed E-state index contributed by atoms with van der Waals surface area (Å²) < 4.78 is 0. The molecule has 21 heavy (non-hydrogen) atoms. The smallest absolute Gasteiger partial charge is 0.306 e. The second kappa shape index (κ2) is 7.78. The number of rotatable bonds is 6. The van der Waals surface area contributed by atoms with Gasteiger partial charge < -0.3 is 15.5 Å². The van der Waals surface area contributed by atoms with Crippen LogP contribution in [0.2, 0.25) is 0 Å². The highest BCUT2D eigenvalue weighted by Crippen LogP contribution is 2.30. The van der Waals surface area contributed by atoms with E-state index >= 15 is 0 Å². The van der Waals surface area contributed by atoms with Crippen LogP contribution in [0.3, 0.4) is 0 Å². The summed E-state index contributed by atoms with van der Waals surface area (Å²) >= 11 is 0. The van der Waals surface area contributed by atoms with E-state index in [4.69, 9.17) is 10.2 Å². The van der Waals surface area contributed by atoms with Gasteiger partial charge in [0.1, 0.15) is 0 Å². The summed E-state index contributed by atoms with van der Waals surface area (Å²) in [5.74, 6) is -0.333. The molecule has 2 rings (SSSR count).